The summed E-state index contributed by atoms with van der Waals surface area (Å²) < 4.78 is 42.9. The van der Waals surface area contributed by atoms with Crippen LogP contribution in [-0.4, -0.2) is 40.0 Å². The molecule has 2 aromatic rings. The first-order chi connectivity index (χ1) is 11.8. The maximum absolute atomic E-state index is 10.5. The van der Waals surface area contributed by atoms with Crippen molar-refractivity contribution in [2.24, 2.45) is 0 Å². The van der Waals surface area contributed by atoms with Gasteiger partial charge in [0.15, 0.2) is 33.0 Å². The Kier molecular flexibility index (Phi) is 8.69. The Balaban J connectivity index is 0.000000251. The van der Waals surface area contributed by atoms with E-state index in [2.05, 4.69) is 0 Å². The van der Waals surface area contributed by atoms with Crippen molar-refractivity contribution in [1.82, 2.24) is 0 Å². The Bertz CT molecular complexity index is 702. The van der Waals surface area contributed by atoms with Crippen LogP contribution in [0.15, 0.2) is 48.5 Å². The monoisotopic (exact) mass is 390 g/mol. The molecule has 5 N–H and O–H groups in total. The highest BCUT2D eigenvalue weighted by molar-refractivity contribution is 7.79. The Morgan fingerprint density at radius 2 is 1.16 bits per heavy atom. The van der Waals surface area contributed by atoms with Gasteiger partial charge in [0.1, 0.15) is 11.5 Å². The summed E-state index contributed by atoms with van der Waals surface area (Å²) in [5, 5.41) is 27.1. The van der Waals surface area contributed by atoms with E-state index in [0.717, 1.165) is 0 Å². The molecule has 0 amide bonds. The van der Waals surface area contributed by atoms with Gasteiger partial charge in [-0.15, -0.1) is 0 Å². The van der Waals surface area contributed by atoms with Gasteiger partial charge in [0.25, 0.3) is 0 Å². The molecule has 0 radical (unpaired) electrons. The van der Waals surface area contributed by atoms with Crippen LogP contribution in [0.25, 0.3) is 0 Å². The number of hydrogen-bond donors (Lipinski definition) is 5. The Labute approximate surface area is 149 Å². The molecule has 138 valence electrons. The number of benzene rings is 2. The molecule has 0 spiro atoms. The molecule has 0 aliphatic carbocycles. The van der Waals surface area contributed by atoms with E-state index in [9.17, 15) is 13.5 Å². The fourth-order valence-electron chi connectivity index (χ4n) is 1.64. The molecule has 25 heavy (non-hydrogen) atoms. The fourth-order valence-corrected chi connectivity index (χ4v) is 2.42. The lowest BCUT2D eigenvalue weighted by molar-refractivity contribution is 0.251. The number of phenolic OH excluding ortho intramolecular Hbond substituents is 1. The number of rotatable bonds is 5. The van der Waals surface area contributed by atoms with Gasteiger partial charge in [0.05, 0.1) is 7.11 Å². The summed E-state index contributed by atoms with van der Waals surface area (Å²) >= 11 is -4.55. The molecular weight excluding hydrogens is 372 g/mol. The molecule has 0 fully saturated rings. The van der Waals surface area contributed by atoms with Gasteiger partial charge in [0.2, 0.25) is 0 Å². The van der Waals surface area contributed by atoms with Crippen LogP contribution in [0.2, 0.25) is 0 Å². The van der Waals surface area contributed by atoms with Gasteiger partial charge >= 0.3 is 0 Å². The van der Waals surface area contributed by atoms with Crippen LogP contribution >= 0.6 is 0 Å². The normalized spacial score (nSPS) is 15.2. The number of aliphatic hydroxyl groups excluding tert-OH is 2. The van der Waals surface area contributed by atoms with Crippen LogP contribution in [-0.2, 0) is 22.2 Å². The summed E-state index contributed by atoms with van der Waals surface area (Å²) in [4.78, 5) is 0. The van der Waals surface area contributed by atoms with Crippen molar-refractivity contribution in [2.45, 2.75) is 10.9 Å². The van der Waals surface area contributed by atoms with Crippen molar-refractivity contribution in [1.29, 1.82) is 0 Å². The molecule has 0 bridgehead atoms. The fraction of sp³-hybridized carbons (Fsp3) is 0.200. The molecule has 8 nitrogen and oxygen atoms in total. The lowest BCUT2D eigenvalue weighted by Gasteiger charge is -2.06. The number of methoxy groups -OCH3 is 1. The van der Waals surface area contributed by atoms with Crippen molar-refractivity contribution in [3.63, 3.8) is 0 Å². The van der Waals surface area contributed by atoms with E-state index in [4.69, 9.17) is 24.1 Å². The van der Waals surface area contributed by atoms with E-state index in [1.807, 2.05) is 0 Å². The average molecular weight is 390 g/mol. The van der Waals surface area contributed by atoms with Crippen molar-refractivity contribution in [2.75, 3.05) is 7.11 Å². The van der Waals surface area contributed by atoms with E-state index in [1.165, 1.54) is 43.5 Å². The number of phenols is 1. The third-order valence-corrected chi connectivity index (χ3v) is 4.27. The third kappa shape index (κ3) is 6.90. The molecule has 0 saturated carbocycles. The van der Waals surface area contributed by atoms with Gasteiger partial charge in [-0.05, 0) is 35.4 Å². The number of hydrogen-bond acceptors (Lipinski definition) is 6. The predicted molar refractivity (Wildman–Crippen MR) is 92.6 cm³/mol. The second-order valence-corrected chi connectivity index (χ2v) is 6.62. The summed E-state index contributed by atoms with van der Waals surface area (Å²) in [6, 6.07) is 11.8. The SMILES string of the molecule is COc1ccc(C(O)S(=O)O)cc1.O=S(O)C(O)c1ccc(O)cc1. The van der Waals surface area contributed by atoms with Gasteiger partial charge in [0, 0.05) is 0 Å². The standard InChI is InChI=1S/C8H10O4S.C7H8O4S/c1-12-7-4-2-6(3-5-7)8(9)13(10)11;8-6-3-1-5(2-4-6)7(9)12(10)11/h2-5,8-9H,1H3,(H,10,11);1-4,7-9H,(H,10,11). The second kappa shape index (κ2) is 10.2. The van der Waals surface area contributed by atoms with Gasteiger partial charge in [-0.2, -0.15) is 0 Å². The van der Waals surface area contributed by atoms with Crippen LogP contribution in [0.5, 0.6) is 11.5 Å². The van der Waals surface area contributed by atoms with E-state index < -0.39 is 33.0 Å². The first kappa shape index (κ1) is 21.2. The Morgan fingerprint density at radius 3 is 1.48 bits per heavy atom. The Hall–Kier alpha value is -1.82. The molecule has 0 aliphatic rings. The number of ether oxygens (including phenoxy) is 1. The molecule has 10 heteroatoms. The van der Waals surface area contributed by atoms with Crippen LogP contribution in [0, 0.1) is 0 Å². The molecular formula is C15H18O8S2. The minimum Gasteiger partial charge on any atom is -0.508 e. The smallest absolute Gasteiger partial charge is 0.187 e. The van der Waals surface area contributed by atoms with E-state index in [1.54, 1.807) is 12.1 Å². The molecule has 4 unspecified atom stereocenters. The van der Waals surface area contributed by atoms with Crippen LogP contribution in [0.3, 0.4) is 0 Å². The second-order valence-electron chi connectivity index (χ2n) is 4.62. The van der Waals surface area contributed by atoms with Crippen molar-refractivity contribution in [3.8, 4) is 11.5 Å². The zero-order chi connectivity index (χ0) is 19.0. The highest BCUT2D eigenvalue weighted by Crippen LogP contribution is 2.19. The first-order valence-electron chi connectivity index (χ1n) is 6.74. The van der Waals surface area contributed by atoms with Gasteiger partial charge in [-0.3, -0.25) is 0 Å². The first-order valence-corrected chi connectivity index (χ1v) is 9.08. The van der Waals surface area contributed by atoms with Gasteiger partial charge in [-0.1, -0.05) is 24.3 Å². The quantitative estimate of drug-likeness (QED) is 0.483. The lowest BCUT2D eigenvalue weighted by atomic mass is 10.2. The average Bonchev–Trinajstić information content (AvgIpc) is 2.61. The minimum absolute atomic E-state index is 0.0506. The topological polar surface area (TPSA) is 145 Å². The maximum atomic E-state index is 10.5. The highest BCUT2D eigenvalue weighted by atomic mass is 32.2. The van der Waals surface area contributed by atoms with E-state index in [-0.39, 0.29) is 5.75 Å². The summed E-state index contributed by atoms with van der Waals surface area (Å²) in [6.45, 7) is 0. The Morgan fingerprint density at radius 1 is 0.800 bits per heavy atom. The maximum Gasteiger partial charge on any atom is 0.187 e. The minimum atomic E-state index is -2.29. The highest BCUT2D eigenvalue weighted by Gasteiger charge is 2.13. The number of aliphatic hydroxyl groups is 2. The summed E-state index contributed by atoms with van der Waals surface area (Å²) in [6.07, 6.45) is 0. The van der Waals surface area contributed by atoms with Gasteiger partial charge < -0.3 is 29.2 Å². The summed E-state index contributed by atoms with van der Waals surface area (Å²) in [5.74, 6) is 0.689. The third-order valence-electron chi connectivity index (χ3n) is 2.96. The van der Waals surface area contributed by atoms with Gasteiger partial charge in [-0.25, -0.2) is 8.42 Å². The van der Waals surface area contributed by atoms with Crippen LogP contribution in [0.1, 0.15) is 22.0 Å². The predicted octanol–water partition coefficient (Wildman–Crippen LogP) is 1.51. The molecule has 0 heterocycles. The van der Waals surface area contributed by atoms with Crippen LogP contribution in [0.4, 0.5) is 0 Å². The van der Waals surface area contributed by atoms with E-state index in [0.29, 0.717) is 16.9 Å². The molecule has 2 aromatic carbocycles. The lowest BCUT2D eigenvalue weighted by Crippen LogP contribution is -2.03. The molecule has 2 rings (SSSR count). The van der Waals surface area contributed by atoms with E-state index >= 15 is 0 Å². The van der Waals surface area contributed by atoms with Crippen molar-refractivity contribution < 1.29 is 37.6 Å². The largest absolute Gasteiger partial charge is 0.508 e. The summed E-state index contributed by atoms with van der Waals surface area (Å²) in [7, 11) is 1.52. The number of aromatic hydroxyl groups is 1. The molecule has 4 atom stereocenters. The zero-order valence-corrected chi connectivity index (χ0v) is 14.7. The van der Waals surface area contributed by atoms with Crippen molar-refractivity contribution in [3.05, 3.63) is 59.7 Å². The summed E-state index contributed by atoms with van der Waals surface area (Å²) in [5.41, 5.74) is -2.08. The molecule has 0 aliphatic heterocycles. The molecule has 0 aromatic heterocycles. The zero-order valence-electron chi connectivity index (χ0n) is 13.1. The van der Waals surface area contributed by atoms with Crippen molar-refractivity contribution >= 4 is 22.2 Å². The molecule has 0 saturated heterocycles. The van der Waals surface area contributed by atoms with Crippen LogP contribution < -0.4 is 4.74 Å².